The fourth-order valence-electron chi connectivity index (χ4n) is 2.51. The molecule has 96 valence electrons. The molecular weight excluding hydrogens is 294 g/mol. The Balaban J connectivity index is 2.19. The zero-order chi connectivity index (χ0) is 14.4. The van der Waals surface area contributed by atoms with Crippen molar-refractivity contribution in [3.63, 3.8) is 0 Å². The molecular formula is C13H16BrN3O. The van der Waals surface area contributed by atoms with Crippen LogP contribution in [0.15, 0.2) is 27.5 Å². The third-order valence-corrected chi connectivity index (χ3v) is 4.04. The second kappa shape index (κ2) is 4.55. The van der Waals surface area contributed by atoms with Gasteiger partial charge in [-0.25, -0.2) is 4.79 Å². The highest BCUT2D eigenvalue weighted by atomic mass is 79.9. The number of rotatable bonds is 1. The lowest BCUT2D eigenvalue weighted by atomic mass is 10.1. The van der Waals surface area contributed by atoms with Crippen LogP contribution in [-0.2, 0) is 7.05 Å². The Morgan fingerprint density at radius 1 is 1.56 bits per heavy atom. The summed E-state index contributed by atoms with van der Waals surface area (Å²) < 4.78 is 20.0. The first-order valence-electron chi connectivity index (χ1n) is 7.12. The molecule has 5 heteroatoms. The normalized spacial score (nSPS) is 30.2. The number of para-hydroxylation sites is 1. The third kappa shape index (κ3) is 1.73. The molecule has 0 spiro atoms. The molecule has 1 aromatic carbocycles. The van der Waals surface area contributed by atoms with Gasteiger partial charge < -0.3 is 5.32 Å². The van der Waals surface area contributed by atoms with Gasteiger partial charge in [0.2, 0.25) is 0 Å². The van der Waals surface area contributed by atoms with Gasteiger partial charge in [0.1, 0.15) is 0 Å². The number of aryl methyl sites for hydroxylation is 1. The van der Waals surface area contributed by atoms with E-state index >= 15 is 0 Å². The van der Waals surface area contributed by atoms with Gasteiger partial charge in [-0.1, -0.05) is 6.07 Å². The van der Waals surface area contributed by atoms with E-state index in [0.717, 1.165) is 15.5 Å². The van der Waals surface area contributed by atoms with Crippen LogP contribution < -0.4 is 11.0 Å². The Morgan fingerprint density at radius 3 is 3.17 bits per heavy atom. The second-order valence-corrected chi connectivity index (χ2v) is 5.36. The Hall–Kier alpha value is -1.07. The molecule has 3 atom stereocenters. The summed E-state index contributed by atoms with van der Waals surface area (Å²) in [5.74, 6) is 0. The van der Waals surface area contributed by atoms with Gasteiger partial charge in [0, 0.05) is 20.8 Å². The fraction of sp³-hybridized carbons (Fsp3) is 0.462. The maximum absolute atomic E-state index is 12.5. The molecule has 4 nitrogen and oxygen atoms in total. The molecule has 1 aliphatic heterocycles. The topological polar surface area (TPSA) is 39.0 Å². The van der Waals surface area contributed by atoms with Crippen molar-refractivity contribution in [1.29, 1.82) is 0 Å². The minimum absolute atomic E-state index is 0.112. The number of hydrogen-bond donors (Lipinski definition) is 1. The van der Waals surface area contributed by atoms with E-state index in [1.54, 1.807) is 16.2 Å². The molecule has 1 aliphatic rings. The number of fused-ring (bicyclic) bond motifs is 1. The molecule has 0 radical (unpaired) electrons. The SMILES string of the molecule is [2H]C1CCC(n2c(=O)n(C)c3c(Br)cccc32)C([2H])N1. The lowest BCUT2D eigenvalue weighted by Gasteiger charge is -2.23. The van der Waals surface area contributed by atoms with Gasteiger partial charge >= 0.3 is 5.69 Å². The summed E-state index contributed by atoms with van der Waals surface area (Å²) in [6.07, 6.45) is 1.32. The summed E-state index contributed by atoms with van der Waals surface area (Å²) in [6, 6.07) is 5.47. The van der Waals surface area contributed by atoms with Crippen LogP contribution in [-0.4, -0.2) is 22.2 Å². The van der Waals surface area contributed by atoms with Crippen molar-refractivity contribution >= 4 is 27.0 Å². The maximum atomic E-state index is 12.5. The fourth-order valence-corrected chi connectivity index (χ4v) is 3.14. The van der Waals surface area contributed by atoms with Crippen LogP contribution in [0.1, 0.15) is 21.6 Å². The Labute approximate surface area is 117 Å². The van der Waals surface area contributed by atoms with E-state index in [-0.39, 0.29) is 11.7 Å². The predicted molar refractivity (Wildman–Crippen MR) is 76.0 cm³/mol. The van der Waals surface area contributed by atoms with Gasteiger partial charge in [-0.05, 0) is 47.4 Å². The first-order valence-corrected chi connectivity index (χ1v) is 6.76. The number of piperidine rings is 1. The highest BCUT2D eigenvalue weighted by Gasteiger charge is 2.21. The highest BCUT2D eigenvalue weighted by molar-refractivity contribution is 9.10. The van der Waals surface area contributed by atoms with E-state index in [4.69, 9.17) is 2.74 Å². The molecule has 0 saturated carbocycles. The van der Waals surface area contributed by atoms with Crippen LogP contribution >= 0.6 is 15.9 Å². The van der Waals surface area contributed by atoms with Gasteiger partial charge in [-0.2, -0.15) is 0 Å². The largest absolute Gasteiger partial charge is 0.329 e. The quantitative estimate of drug-likeness (QED) is 0.875. The summed E-state index contributed by atoms with van der Waals surface area (Å²) in [5, 5.41) is 2.90. The first-order chi connectivity index (χ1) is 9.50. The van der Waals surface area contributed by atoms with E-state index in [0.29, 0.717) is 12.8 Å². The molecule has 0 aliphatic carbocycles. The first kappa shape index (κ1) is 9.81. The summed E-state index contributed by atoms with van der Waals surface area (Å²) in [4.78, 5) is 12.5. The van der Waals surface area contributed by atoms with Crippen molar-refractivity contribution in [2.75, 3.05) is 13.0 Å². The molecule has 0 bridgehead atoms. The van der Waals surface area contributed by atoms with Gasteiger partial charge in [0.05, 0.1) is 17.1 Å². The molecule has 1 N–H and O–H groups in total. The number of imidazole rings is 1. The smallest absolute Gasteiger partial charge is 0.315 e. The number of benzene rings is 1. The Morgan fingerprint density at radius 2 is 2.39 bits per heavy atom. The van der Waals surface area contributed by atoms with Gasteiger partial charge in [0.15, 0.2) is 0 Å². The molecule has 3 rings (SSSR count). The summed E-state index contributed by atoms with van der Waals surface area (Å²) in [7, 11) is 1.74. The summed E-state index contributed by atoms with van der Waals surface area (Å²) in [5.41, 5.74) is 1.57. The molecule has 3 unspecified atom stereocenters. The second-order valence-electron chi connectivity index (χ2n) is 4.50. The highest BCUT2D eigenvalue weighted by Crippen LogP contribution is 2.26. The van der Waals surface area contributed by atoms with Crippen LogP contribution in [0.2, 0.25) is 0 Å². The van der Waals surface area contributed by atoms with E-state index in [9.17, 15) is 4.79 Å². The minimum Gasteiger partial charge on any atom is -0.315 e. The van der Waals surface area contributed by atoms with Crippen molar-refractivity contribution in [3.05, 3.63) is 33.2 Å². The average molecular weight is 312 g/mol. The average Bonchev–Trinajstić information content (AvgIpc) is 2.64. The van der Waals surface area contributed by atoms with Gasteiger partial charge in [-0.15, -0.1) is 0 Å². The third-order valence-electron chi connectivity index (χ3n) is 3.40. The number of aromatic nitrogens is 2. The lowest BCUT2D eigenvalue weighted by Crippen LogP contribution is -2.36. The van der Waals surface area contributed by atoms with Crippen LogP contribution in [0.25, 0.3) is 11.0 Å². The van der Waals surface area contributed by atoms with E-state index in [1.165, 1.54) is 0 Å². The van der Waals surface area contributed by atoms with Gasteiger partial charge in [-0.3, -0.25) is 9.13 Å². The zero-order valence-electron chi connectivity index (χ0n) is 12.1. The van der Waals surface area contributed by atoms with Crippen LogP contribution in [0.4, 0.5) is 0 Å². The van der Waals surface area contributed by atoms with Crippen molar-refractivity contribution in [2.24, 2.45) is 7.05 Å². The van der Waals surface area contributed by atoms with E-state index in [1.807, 2.05) is 18.2 Å². The minimum atomic E-state index is -0.631. The van der Waals surface area contributed by atoms with E-state index < -0.39 is 13.0 Å². The molecule has 0 amide bonds. The molecule has 1 fully saturated rings. The molecule has 1 saturated heterocycles. The molecule has 2 aromatic rings. The summed E-state index contributed by atoms with van der Waals surface area (Å²) >= 11 is 3.48. The van der Waals surface area contributed by atoms with Gasteiger partial charge in [0.25, 0.3) is 0 Å². The van der Waals surface area contributed by atoms with E-state index in [2.05, 4.69) is 21.2 Å². The number of hydrogen-bond acceptors (Lipinski definition) is 2. The van der Waals surface area contributed by atoms with Crippen LogP contribution in [0, 0.1) is 0 Å². The van der Waals surface area contributed by atoms with Crippen molar-refractivity contribution in [2.45, 2.75) is 18.9 Å². The molecule has 18 heavy (non-hydrogen) atoms. The van der Waals surface area contributed by atoms with Crippen LogP contribution in [0.3, 0.4) is 0 Å². The summed E-state index contributed by atoms with van der Waals surface area (Å²) in [6.45, 7) is -1.04. The van der Waals surface area contributed by atoms with Crippen molar-refractivity contribution in [1.82, 2.24) is 14.5 Å². The maximum Gasteiger partial charge on any atom is 0.329 e. The Kier molecular flexibility index (Phi) is 2.48. The van der Waals surface area contributed by atoms with Crippen molar-refractivity contribution < 1.29 is 2.74 Å². The molecule has 2 heterocycles. The lowest BCUT2D eigenvalue weighted by molar-refractivity contribution is 0.369. The standard InChI is InChI=1S/C13H16BrN3O/c1-16-12-10(14)5-2-6-11(12)17(13(16)18)9-4-3-7-15-8-9/h2,5-6,9,15H,3-4,7-8H2,1H3/i7D,8D. The zero-order valence-corrected chi connectivity index (χ0v) is 11.6. The monoisotopic (exact) mass is 311 g/mol. The molecule has 1 aromatic heterocycles. The Bertz CT molecular complexity index is 711. The van der Waals surface area contributed by atoms with Crippen molar-refractivity contribution in [3.8, 4) is 0 Å². The number of nitrogens with zero attached hydrogens (tertiary/aromatic N) is 2. The van der Waals surface area contributed by atoms with Crippen LogP contribution in [0.5, 0.6) is 0 Å². The number of halogens is 1. The predicted octanol–water partition coefficient (Wildman–Crippen LogP) is 2.03. The number of nitrogens with one attached hydrogen (secondary N) is 1.